The Hall–Kier alpha value is -1.52. The fourth-order valence-corrected chi connectivity index (χ4v) is 2.11. The summed E-state index contributed by atoms with van der Waals surface area (Å²) in [6, 6.07) is 0. The number of carbonyl (C=O) groups is 2. The zero-order valence-corrected chi connectivity index (χ0v) is 10.8. The van der Waals surface area contributed by atoms with E-state index in [-0.39, 0.29) is 5.97 Å². The maximum absolute atomic E-state index is 11.0. The minimum absolute atomic E-state index is 0.293. The smallest absolute Gasteiger partial charge is 0.407 e. The molecule has 0 bridgehead atoms. The van der Waals surface area contributed by atoms with Crippen LogP contribution in [0.2, 0.25) is 0 Å². The Bertz CT molecular complexity index is 306. The predicted molar refractivity (Wildman–Crippen MR) is 67.3 cm³/mol. The van der Waals surface area contributed by atoms with Gasteiger partial charge in [0.1, 0.15) is 0 Å². The Balaban J connectivity index is 2.14. The normalized spacial score (nSPS) is 17.1. The molecule has 1 aliphatic rings. The Morgan fingerprint density at radius 1 is 1.39 bits per heavy atom. The van der Waals surface area contributed by atoms with Gasteiger partial charge in [-0.05, 0) is 38.5 Å². The molecule has 1 rings (SSSR count). The number of piperidine rings is 1. The highest BCUT2D eigenvalue weighted by molar-refractivity contribution is 5.81. The van der Waals surface area contributed by atoms with Crippen LogP contribution in [0.4, 0.5) is 4.79 Å². The molecular formula is C13H21NO4. The lowest BCUT2D eigenvalue weighted by Gasteiger charge is -2.29. The van der Waals surface area contributed by atoms with Crippen molar-refractivity contribution >= 4 is 12.1 Å². The van der Waals surface area contributed by atoms with Crippen molar-refractivity contribution in [1.29, 1.82) is 0 Å². The Labute approximate surface area is 107 Å². The largest absolute Gasteiger partial charge is 0.465 e. The minimum atomic E-state index is -0.823. The molecule has 5 heteroatoms. The molecule has 18 heavy (non-hydrogen) atoms. The van der Waals surface area contributed by atoms with E-state index in [1.54, 1.807) is 6.92 Å². The van der Waals surface area contributed by atoms with Crippen molar-refractivity contribution in [3.63, 3.8) is 0 Å². The number of nitrogens with zero attached hydrogens (tertiary/aromatic N) is 1. The van der Waals surface area contributed by atoms with Crippen LogP contribution in [0.3, 0.4) is 0 Å². The summed E-state index contributed by atoms with van der Waals surface area (Å²) in [6.07, 6.45) is 6.16. The molecule has 1 heterocycles. The molecule has 0 unspecified atom stereocenters. The van der Waals surface area contributed by atoms with Crippen LogP contribution in [0.5, 0.6) is 0 Å². The van der Waals surface area contributed by atoms with Crippen molar-refractivity contribution in [3.05, 3.63) is 12.2 Å². The molecule has 0 aromatic rings. The van der Waals surface area contributed by atoms with Crippen LogP contribution in [-0.2, 0) is 9.53 Å². The molecule has 1 fully saturated rings. The van der Waals surface area contributed by atoms with Gasteiger partial charge in [0.15, 0.2) is 0 Å². The fraction of sp³-hybridized carbons (Fsp3) is 0.692. The Kier molecular flexibility index (Phi) is 6.25. The van der Waals surface area contributed by atoms with Crippen molar-refractivity contribution in [1.82, 2.24) is 4.90 Å². The number of likely N-dealkylation sites (tertiary alicyclic amines) is 1. The number of amides is 1. The molecule has 0 saturated carbocycles. The van der Waals surface area contributed by atoms with Gasteiger partial charge < -0.3 is 14.7 Å². The average molecular weight is 255 g/mol. The summed E-state index contributed by atoms with van der Waals surface area (Å²) < 4.78 is 4.78. The first-order valence-electron chi connectivity index (χ1n) is 6.44. The molecule has 0 atom stereocenters. The summed E-state index contributed by atoms with van der Waals surface area (Å²) in [4.78, 5) is 23.2. The van der Waals surface area contributed by atoms with Crippen molar-refractivity contribution in [2.24, 2.45) is 5.92 Å². The van der Waals surface area contributed by atoms with Gasteiger partial charge in [-0.3, -0.25) is 0 Å². The van der Waals surface area contributed by atoms with Crippen molar-refractivity contribution < 1.29 is 19.4 Å². The Morgan fingerprint density at radius 2 is 2.06 bits per heavy atom. The van der Waals surface area contributed by atoms with E-state index < -0.39 is 6.09 Å². The first kappa shape index (κ1) is 14.5. The van der Waals surface area contributed by atoms with E-state index in [0.29, 0.717) is 25.6 Å². The van der Waals surface area contributed by atoms with Gasteiger partial charge >= 0.3 is 12.1 Å². The first-order chi connectivity index (χ1) is 8.63. The predicted octanol–water partition coefficient (Wildman–Crippen LogP) is 2.28. The van der Waals surface area contributed by atoms with Gasteiger partial charge in [0.25, 0.3) is 0 Å². The number of allylic oxidation sites excluding steroid dienone is 1. The molecule has 1 N–H and O–H groups in total. The maximum atomic E-state index is 11.0. The van der Waals surface area contributed by atoms with E-state index in [1.807, 2.05) is 6.08 Å². The number of esters is 1. The quantitative estimate of drug-likeness (QED) is 0.604. The molecule has 1 amide bonds. The highest BCUT2D eigenvalue weighted by Crippen LogP contribution is 2.21. The van der Waals surface area contributed by atoms with E-state index in [4.69, 9.17) is 9.84 Å². The lowest BCUT2D eigenvalue weighted by atomic mass is 9.92. The molecule has 1 aliphatic heterocycles. The van der Waals surface area contributed by atoms with Gasteiger partial charge in [0.2, 0.25) is 0 Å². The summed E-state index contributed by atoms with van der Waals surface area (Å²) in [5.41, 5.74) is 0. The van der Waals surface area contributed by atoms with Crippen molar-refractivity contribution in [3.8, 4) is 0 Å². The molecule has 0 radical (unpaired) electrons. The van der Waals surface area contributed by atoms with Crippen LogP contribution >= 0.6 is 0 Å². The molecule has 0 aromatic carbocycles. The van der Waals surface area contributed by atoms with Gasteiger partial charge in [-0.1, -0.05) is 6.08 Å². The highest BCUT2D eigenvalue weighted by Gasteiger charge is 2.21. The van der Waals surface area contributed by atoms with E-state index >= 15 is 0 Å². The number of ether oxygens (including phenoxy) is 1. The second-order valence-corrected chi connectivity index (χ2v) is 4.44. The van der Waals surface area contributed by atoms with Gasteiger partial charge in [-0.25, -0.2) is 9.59 Å². The molecule has 0 aliphatic carbocycles. The van der Waals surface area contributed by atoms with Crippen LogP contribution in [-0.4, -0.2) is 41.8 Å². The van der Waals surface area contributed by atoms with E-state index in [2.05, 4.69) is 0 Å². The third kappa shape index (κ3) is 5.21. The maximum Gasteiger partial charge on any atom is 0.407 e. The number of rotatable bonds is 5. The SMILES string of the molecule is CCOC(=O)/C=C/CCC1CCN(C(=O)O)CC1. The zero-order chi connectivity index (χ0) is 13.4. The van der Waals surface area contributed by atoms with Gasteiger partial charge in [-0.2, -0.15) is 0 Å². The summed E-state index contributed by atoms with van der Waals surface area (Å²) >= 11 is 0. The standard InChI is InChI=1S/C13H21NO4/c1-2-18-12(15)6-4-3-5-11-7-9-14(10-8-11)13(16)17/h4,6,11H,2-3,5,7-10H2,1H3,(H,16,17)/b6-4+. The van der Waals surface area contributed by atoms with E-state index in [0.717, 1.165) is 25.7 Å². The topological polar surface area (TPSA) is 66.8 Å². The summed E-state index contributed by atoms with van der Waals surface area (Å²) in [5, 5.41) is 8.81. The van der Waals surface area contributed by atoms with Crippen LogP contribution in [0.15, 0.2) is 12.2 Å². The highest BCUT2D eigenvalue weighted by atomic mass is 16.5. The average Bonchev–Trinajstić information content (AvgIpc) is 2.35. The molecule has 102 valence electrons. The second kappa shape index (κ2) is 7.74. The van der Waals surface area contributed by atoms with Crippen molar-refractivity contribution in [2.75, 3.05) is 19.7 Å². The number of hydrogen-bond acceptors (Lipinski definition) is 3. The van der Waals surface area contributed by atoms with E-state index in [9.17, 15) is 9.59 Å². The number of hydrogen-bond donors (Lipinski definition) is 1. The third-order valence-electron chi connectivity index (χ3n) is 3.17. The minimum Gasteiger partial charge on any atom is -0.465 e. The molecule has 0 spiro atoms. The van der Waals surface area contributed by atoms with Crippen molar-refractivity contribution in [2.45, 2.75) is 32.6 Å². The zero-order valence-electron chi connectivity index (χ0n) is 10.8. The second-order valence-electron chi connectivity index (χ2n) is 4.44. The lowest BCUT2D eigenvalue weighted by molar-refractivity contribution is -0.137. The van der Waals surface area contributed by atoms with Gasteiger partial charge in [0.05, 0.1) is 6.61 Å². The summed E-state index contributed by atoms with van der Waals surface area (Å²) in [6.45, 7) is 3.43. The third-order valence-corrected chi connectivity index (χ3v) is 3.17. The van der Waals surface area contributed by atoms with Crippen LogP contribution in [0, 0.1) is 5.92 Å². The van der Waals surface area contributed by atoms with Crippen LogP contribution in [0.25, 0.3) is 0 Å². The molecule has 0 aromatic heterocycles. The number of carbonyl (C=O) groups excluding carboxylic acids is 1. The summed E-state index contributed by atoms with van der Waals surface area (Å²) in [7, 11) is 0. The molecule has 5 nitrogen and oxygen atoms in total. The van der Waals surface area contributed by atoms with E-state index in [1.165, 1.54) is 11.0 Å². The first-order valence-corrected chi connectivity index (χ1v) is 6.44. The van der Waals surface area contributed by atoms with Gasteiger partial charge in [0, 0.05) is 19.2 Å². The monoisotopic (exact) mass is 255 g/mol. The summed E-state index contributed by atoms with van der Waals surface area (Å²) in [5.74, 6) is 0.269. The lowest BCUT2D eigenvalue weighted by Crippen LogP contribution is -2.37. The Morgan fingerprint density at radius 3 is 2.61 bits per heavy atom. The molecule has 1 saturated heterocycles. The fourth-order valence-electron chi connectivity index (χ4n) is 2.11. The van der Waals surface area contributed by atoms with Gasteiger partial charge in [-0.15, -0.1) is 0 Å². The number of carboxylic acid groups (broad SMARTS) is 1. The molecular weight excluding hydrogens is 234 g/mol. The van der Waals surface area contributed by atoms with Crippen LogP contribution in [0.1, 0.15) is 32.6 Å². The van der Waals surface area contributed by atoms with Crippen LogP contribution < -0.4 is 0 Å².